The molecule has 1 aromatic carbocycles. The maximum absolute atomic E-state index is 5.84. The number of ether oxygens (including phenoxy) is 1. The summed E-state index contributed by atoms with van der Waals surface area (Å²) < 4.78 is 7.73. The fourth-order valence-corrected chi connectivity index (χ4v) is 3.12. The van der Waals surface area contributed by atoms with Gasteiger partial charge in [0, 0.05) is 38.2 Å². The first-order valence-corrected chi connectivity index (χ1v) is 8.59. The lowest BCUT2D eigenvalue weighted by atomic mass is 10.2. The Morgan fingerprint density at radius 2 is 2.12 bits per heavy atom. The summed E-state index contributed by atoms with van der Waals surface area (Å²) in [7, 11) is 0. The van der Waals surface area contributed by atoms with Gasteiger partial charge in [-0.2, -0.15) is 0 Å². The SMILES string of the molecule is c1ccc(CN(C[C@H]2CCCO2)c2cc(-n3ccnc3)ncn2)cc1. The van der Waals surface area contributed by atoms with Gasteiger partial charge in [-0.05, 0) is 18.4 Å². The molecule has 0 N–H and O–H groups in total. The molecule has 3 aromatic rings. The van der Waals surface area contributed by atoms with Crippen molar-refractivity contribution < 1.29 is 4.74 Å². The molecule has 0 bridgehead atoms. The Morgan fingerprint density at radius 3 is 2.88 bits per heavy atom. The predicted octanol–water partition coefficient (Wildman–Crippen LogP) is 2.85. The van der Waals surface area contributed by atoms with Gasteiger partial charge in [-0.15, -0.1) is 0 Å². The van der Waals surface area contributed by atoms with E-state index in [9.17, 15) is 0 Å². The molecule has 1 saturated heterocycles. The molecule has 0 amide bonds. The minimum absolute atomic E-state index is 0.260. The van der Waals surface area contributed by atoms with Crippen molar-refractivity contribution in [2.75, 3.05) is 18.1 Å². The number of aromatic nitrogens is 4. The number of anilines is 1. The molecule has 0 saturated carbocycles. The van der Waals surface area contributed by atoms with Crippen molar-refractivity contribution in [1.29, 1.82) is 0 Å². The summed E-state index contributed by atoms with van der Waals surface area (Å²) in [5.74, 6) is 1.71. The zero-order chi connectivity index (χ0) is 16.9. The molecule has 6 nitrogen and oxygen atoms in total. The molecule has 1 atom stereocenters. The van der Waals surface area contributed by atoms with E-state index in [4.69, 9.17) is 4.74 Å². The van der Waals surface area contributed by atoms with Crippen molar-refractivity contribution in [3.8, 4) is 5.82 Å². The second kappa shape index (κ2) is 7.44. The Morgan fingerprint density at radius 1 is 1.20 bits per heavy atom. The molecule has 25 heavy (non-hydrogen) atoms. The van der Waals surface area contributed by atoms with Crippen molar-refractivity contribution >= 4 is 5.82 Å². The van der Waals surface area contributed by atoms with E-state index in [1.54, 1.807) is 18.9 Å². The largest absolute Gasteiger partial charge is 0.376 e. The van der Waals surface area contributed by atoms with Crippen molar-refractivity contribution in [2.24, 2.45) is 0 Å². The Labute approximate surface area is 147 Å². The average molecular weight is 335 g/mol. The molecule has 0 spiro atoms. The van der Waals surface area contributed by atoms with E-state index in [0.29, 0.717) is 0 Å². The summed E-state index contributed by atoms with van der Waals surface area (Å²) in [5.41, 5.74) is 1.25. The fourth-order valence-electron chi connectivity index (χ4n) is 3.12. The first-order valence-electron chi connectivity index (χ1n) is 8.59. The van der Waals surface area contributed by atoms with Crippen LogP contribution in [0, 0.1) is 0 Å². The van der Waals surface area contributed by atoms with E-state index < -0.39 is 0 Å². The van der Waals surface area contributed by atoms with Gasteiger partial charge in [-0.3, -0.25) is 4.57 Å². The molecule has 0 aliphatic carbocycles. The van der Waals surface area contributed by atoms with Crippen LogP contribution in [0.15, 0.2) is 61.4 Å². The Hall–Kier alpha value is -2.73. The number of hydrogen-bond donors (Lipinski definition) is 0. The highest BCUT2D eigenvalue weighted by Gasteiger charge is 2.21. The molecule has 3 heterocycles. The first-order chi connectivity index (χ1) is 12.4. The van der Waals surface area contributed by atoms with Crippen LogP contribution >= 0.6 is 0 Å². The van der Waals surface area contributed by atoms with Crippen LogP contribution in [-0.2, 0) is 11.3 Å². The number of rotatable bonds is 6. The van der Waals surface area contributed by atoms with Crippen molar-refractivity contribution in [1.82, 2.24) is 19.5 Å². The minimum atomic E-state index is 0.260. The van der Waals surface area contributed by atoms with Gasteiger partial charge in [0.25, 0.3) is 0 Å². The third kappa shape index (κ3) is 3.85. The van der Waals surface area contributed by atoms with Crippen molar-refractivity contribution in [3.63, 3.8) is 0 Å². The molecule has 0 unspecified atom stereocenters. The lowest BCUT2D eigenvalue weighted by molar-refractivity contribution is 0.115. The summed E-state index contributed by atoms with van der Waals surface area (Å²) in [5, 5.41) is 0. The Kier molecular flexibility index (Phi) is 4.70. The van der Waals surface area contributed by atoms with Gasteiger partial charge in [0.2, 0.25) is 0 Å². The summed E-state index contributed by atoms with van der Waals surface area (Å²) in [6.07, 6.45) is 9.48. The van der Waals surface area contributed by atoms with Crippen LogP contribution in [0.1, 0.15) is 18.4 Å². The second-order valence-corrected chi connectivity index (χ2v) is 6.21. The number of hydrogen-bond acceptors (Lipinski definition) is 5. The smallest absolute Gasteiger partial charge is 0.143 e. The highest BCUT2D eigenvalue weighted by atomic mass is 16.5. The standard InChI is InChI=1S/C19H21N5O/c1-2-5-16(6-3-1)12-24(13-17-7-4-10-25-17)19-11-18(21-14-22-19)23-9-8-20-15-23/h1-3,5-6,8-9,11,14-15,17H,4,7,10,12-13H2/t17-/m1/s1. The molecule has 1 aliphatic rings. The summed E-state index contributed by atoms with van der Waals surface area (Å²) in [6.45, 7) is 2.48. The van der Waals surface area contributed by atoms with Crippen molar-refractivity contribution in [2.45, 2.75) is 25.5 Å². The molecular weight excluding hydrogens is 314 g/mol. The molecule has 0 radical (unpaired) electrons. The molecule has 1 fully saturated rings. The van der Waals surface area contributed by atoms with Crippen LogP contribution in [0.25, 0.3) is 5.82 Å². The molecule has 2 aromatic heterocycles. The first kappa shape index (κ1) is 15.8. The number of nitrogens with zero attached hydrogens (tertiary/aromatic N) is 5. The lowest BCUT2D eigenvalue weighted by Crippen LogP contribution is -2.32. The molecule has 4 rings (SSSR count). The summed E-state index contributed by atoms with van der Waals surface area (Å²) >= 11 is 0. The maximum atomic E-state index is 5.84. The van der Waals surface area contributed by atoms with Gasteiger partial charge in [-0.25, -0.2) is 15.0 Å². The molecule has 6 heteroatoms. The molecular formula is C19H21N5O. The van der Waals surface area contributed by atoms with Crippen LogP contribution in [-0.4, -0.2) is 38.8 Å². The fraction of sp³-hybridized carbons (Fsp3) is 0.316. The highest BCUT2D eigenvalue weighted by Crippen LogP contribution is 2.21. The lowest BCUT2D eigenvalue weighted by Gasteiger charge is -2.26. The van der Waals surface area contributed by atoms with Gasteiger partial charge < -0.3 is 9.64 Å². The van der Waals surface area contributed by atoms with Crippen LogP contribution < -0.4 is 4.90 Å². The van der Waals surface area contributed by atoms with Gasteiger partial charge >= 0.3 is 0 Å². The topological polar surface area (TPSA) is 56.1 Å². The zero-order valence-electron chi connectivity index (χ0n) is 14.0. The third-order valence-electron chi connectivity index (χ3n) is 4.40. The Bertz CT molecular complexity index is 785. The van der Waals surface area contributed by atoms with E-state index in [1.807, 2.05) is 22.9 Å². The maximum Gasteiger partial charge on any atom is 0.143 e. The molecule has 128 valence electrons. The zero-order valence-corrected chi connectivity index (χ0v) is 14.0. The van der Waals surface area contributed by atoms with E-state index in [-0.39, 0.29) is 6.10 Å². The van der Waals surface area contributed by atoms with E-state index in [2.05, 4.69) is 44.1 Å². The highest BCUT2D eigenvalue weighted by molar-refractivity contribution is 5.44. The van der Waals surface area contributed by atoms with E-state index in [0.717, 1.165) is 44.2 Å². The van der Waals surface area contributed by atoms with Crippen LogP contribution in [0.5, 0.6) is 0 Å². The number of imidazole rings is 1. The van der Waals surface area contributed by atoms with Crippen LogP contribution in [0.2, 0.25) is 0 Å². The summed E-state index contributed by atoms with van der Waals surface area (Å²) in [4.78, 5) is 15.2. The van der Waals surface area contributed by atoms with Crippen LogP contribution in [0.4, 0.5) is 5.82 Å². The van der Waals surface area contributed by atoms with Gasteiger partial charge in [-0.1, -0.05) is 30.3 Å². The minimum Gasteiger partial charge on any atom is -0.376 e. The Balaban J connectivity index is 1.61. The van der Waals surface area contributed by atoms with E-state index >= 15 is 0 Å². The average Bonchev–Trinajstić information content (AvgIpc) is 3.36. The van der Waals surface area contributed by atoms with E-state index in [1.165, 1.54) is 5.56 Å². The van der Waals surface area contributed by atoms with Crippen molar-refractivity contribution in [3.05, 3.63) is 67.0 Å². The predicted molar refractivity (Wildman–Crippen MR) is 95.6 cm³/mol. The number of benzene rings is 1. The summed E-state index contributed by atoms with van der Waals surface area (Å²) in [6, 6.07) is 12.4. The van der Waals surface area contributed by atoms with Crippen LogP contribution in [0.3, 0.4) is 0 Å². The van der Waals surface area contributed by atoms with Gasteiger partial charge in [0.15, 0.2) is 0 Å². The third-order valence-corrected chi connectivity index (χ3v) is 4.40. The second-order valence-electron chi connectivity index (χ2n) is 6.21. The molecule has 1 aliphatic heterocycles. The normalized spacial score (nSPS) is 16.9. The van der Waals surface area contributed by atoms with Gasteiger partial charge in [0.05, 0.1) is 6.10 Å². The van der Waals surface area contributed by atoms with Gasteiger partial charge in [0.1, 0.15) is 24.3 Å². The quantitative estimate of drug-likeness (QED) is 0.693. The monoisotopic (exact) mass is 335 g/mol.